The van der Waals surface area contributed by atoms with Crippen molar-refractivity contribution in [2.24, 2.45) is 0 Å². The van der Waals surface area contributed by atoms with Gasteiger partial charge in [-0.25, -0.2) is 0 Å². The van der Waals surface area contributed by atoms with Crippen molar-refractivity contribution in [1.82, 2.24) is 0 Å². The molecular weight excluding hydrogens is 104 g/mol. The highest BCUT2D eigenvalue weighted by atomic mass is 16.3. The first-order valence-corrected chi connectivity index (χ1v) is 2.39. The van der Waals surface area contributed by atoms with Crippen LogP contribution in [0.25, 0.3) is 0 Å². The molecule has 0 aromatic rings. The second kappa shape index (κ2) is 2.11. The van der Waals surface area contributed by atoms with Gasteiger partial charge in [0.05, 0.1) is 1.37 Å². The number of rotatable bonds is 0. The molecule has 0 saturated heterocycles. The summed E-state index contributed by atoms with van der Waals surface area (Å²) < 4.78 is 7.00. The molecule has 8 heavy (non-hydrogen) atoms. The minimum Gasteiger partial charge on any atom is -0.386 e. The summed E-state index contributed by atoms with van der Waals surface area (Å²) >= 11 is 0. The average molecular weight is 113 g/mol. The molecule has 0 aromatic carbocycles. The quantitative estimate of drug-likeness (QED) is 0.458. The molecule has 0 amide bonds. The van der Waals surface area contributed by atoms with Gasteiger partial charge in [-0.05, 0) is 0 Å². The monoisotopic (exact) mass is 113 g/mol. The maximum absolute atomic E-state index is 8.92. The molecular formula is C6H8O2. The van der Waals surface area contributed by atoms with E-state index in [9.17, 15) is 0 Å². The fourth-order valence-electron chi connectivity index (χ4n) is 0.521. The molecule has 0 aliphatic heterocycles. The molecule has 0 aromatic heterocycles. The molecule has 0 saturated carbocycles. The zero-order chi connectivity index (χ0) is 6.91. The summed E-state index contributed by atoms with van der Waals surface area (Å²) in [5.41, 5.74) is 0. The van der Waals surface area contributed by atoms with Gasteiger partial charge in [0.15, 0.2) is 0 Å². The Labute approximate surface area is 49.2 Å². The van der Waals surface area contributed by atoms with Crippen molar-refractivity contribution in [3.8, 4) is 0 Å². The van der Waals surface area contributed by atoms with E-state index >= 15 is 0 Å². The Hall–Kier alpha value is -0.600. The lowest BCUT2D eigenvalue weighted by atomic mass is 10.1. The summed E-state index contributed by atoms with van der Waals surface area (Å²) in [6.07, 6.45) is 2.80. The first-order valence-electron chi connectivity index (χ1n) is 2.89. The van der Waals surface area contributed by atoms with Crippen LogP contribution in [0.2, 0.25) is 0 Å². The zero-order valence-electron chi connectivity index (χ0n) is 5.28. The summed E-state index contributed by atoms with van der Waals surface area (Å²) in [6.45, 7) is 0. The Morgan fingerprint density at radius 3 is 2.25 bits per heavy atom. The van der Waals surface area contributed by atoms with E-state index in [2.05, 4.69) is 0 Å². The van der Waals surface area contributed by atoms with Gasteiger partial charge in [-0.15, -0.1) is 0 Å². The summed E-state index contributed by atoms with van der Waals surface area (Å²) in [7, 11) is 0. The maximum Gasteiger partial charge on any atom is 0.102 e. The second-order valence-corrected chi connectivity index (χ2v) is 1.61. The molecule has 2 unspecified atom stereocenters. The summed E-state index contributed by atoms with van der Waals surface area (Å²) in [6, 6.07) is 0. The number of aliphatic hydroxyl groups is 2. The number of allylic oxidation sites excluding steroid dienone is 2. The zero-order valence-corrected chi connectivity index (χ0v) is 4.28. The Kier molecular flexibility index (Phi) is 1.13. The smallest absolute Gasteiger partial charge is 0.102 e. The van der Waals surface area contributed by atoms with E-state index in [1.165, 1.54) is 18.2 Å². The highest BCUT2D eigenvalue weighted by molar-refractivity contribution is 5.15. The third-order valence-electron chi connectivity index (χ3n) is 0.975. The molecule has 44 valence electrons. The molecule has 0 heterocycles. The van der Waals surface area contributed by atoms with Crippen molar-refractivity contribution < 1.29 is 11.6 Å². The lowest BCUT2D eigenvalue weighted by Crippen LogP contribution is -2.22. The summed E-state index contributed by atoms with van der Waals surface area (Å²) in [4.78, 5) is 0. The van der Waals surface area contributed by atoms with Crippen molar-refractivity contribution in [1.29, 1.82) is 0 Å². The van der Waals surface area contributed by atoms with Gasteiger partial charge in [-0.1, -0.05) is 24.3 Å². The number of hydrogen-bond acceptors (Lipinski definition) is 2. The van der Waals surface area contributed by atoms with Gasteiger partial charge in [-0.2, -0.15) is 0 Å². The van der Waals surface area contributed by atoms with E-state index in [4.69, 9.17) is 11.6 Å². The molecule has 1 aliphatic rings. The molecule has 1 rings (SSSR count). The fourth-order valence-corrected chi connectivity index (χ4v) is 0.521. The van der Waals surface area contributed by atoms with Crippen LogP contribution < -0.4 is 0 Å². The third kappa shape index (κ3) is 0.967. The number of hydrogen-bond donors (Lipinski definition) is 2. The van der Waals surface area contributed by atoms with Crippen molar-refractivity contribution in [2.45, 2.75) is 12.2 Å². The molecule has 2 atom stereocenters. The summed E-state index contributed by atoms with van der Waals surface area (Å²) in [5.74, 6) is 0. The Morgan fingerprint density at radius 1 is 1.25 bits per heavy atom. The van der Waals surface area contributed by atoms with Crippen LogP contribution in [0.1, 0.15) is 1.37 Å². The standard InChI is InChI=1S/C6H8O2/c7-5-3-1-2-4-6(5)8/h1-8H/i5D. The van der Waals surface area contributed by atoms with Crippen LogP contribution in [-0.2, 0) is 0 Å². The Bertz CT molecular complexity index is 160. The second-order valence-electron chi connectivity index (χ2n) is 1.61. The molecule has 2 nitrogen and oxygen atoms in total. The minimum atomic E-state index is -1.82. The van der Waals surface area contributed by atoms with Gasteiger partial charge in [0, 0.05) is 0 Å². The van der Waals surface area contributed by atoms with E-state index in [0.717, 1.165) is 0 Å². The molecule has 1 aliphatic carbocycles. The average Bonchev–Trinajstić information content (AvgIpc) is 1.77. The lowest BCUT2D eigenvalue weighted by Gasteiger charge is -2.11. The van der Waals surface area contributed by atoms with Crippen LogP contribution in [0, 0.1) is 0 Å². The molecule has 0 bridgehead atoms. The molecule has 0 fully saturated rings. The topological polar surface area (TPSA) is 40.5 Å². The Balaban J connectivity index is 2.78. The predicted octanol–water partition coefficient (Wildman–Crippen LogP) is -0.166. The maximum atomic E-state index is 8.92. The normalized spacial score (nSPS) is 46.8. The van der Waals surface area contributed by atoms with E-state index < -0.39 is 12.2 Å². The SMILES string of the molecule is [2H]C1(O)C=CC=CC1O. The van der Waals surface area contributed by atoms with Crippen molar-refractivity contribution in [2.75, 3.05) is 0 Å². The van der Waals surface area contributed by atoms with Crippen LogP contribution in [0.3, 0.4) is 0 Å². The van der Waals surface area contributed by atoms with Crippen molar-refractivity contribution in [3.05, 3.63) is 24.3 Å². The fraction of sp³-hybridized carbons (Fsp3) is 0.333. The van der Waals surface area contributed by atoms with Gasteiger partial charge in [0.2, 0.25) is 0 Å². The van der Waals surface area contributed by atoms with Gasteiger partial charge in [0.1, 0.15) is 12.2 Å². The largest absolute Gasteiger partial charge is 0.386 e. The van der Waals surface area contributed by atoms with E-state index in [-0.39, 0.29) is 0 Å². The van der Waals surface area contributed by atoms with Crippen LogP contribution >= 0.6 is 0 Å². The van der Waals surface area contributed by atoms with Crippen LogP contribution in [-0.4, -0.2) is 22.4 Å². The highest BCUT2D eigenvalue weighted by Crippen LogP contribution is 2.02. The van der Waals surface area contributed by atoms with Gasteiger partial charge in [0.25, 0.3) is 0 Å². The van der Waals surface area contributed by atoms with Crippen LogP contribution in [0.4, 0.5) is 0 Å². The van der Waals surface area contributed by atoms with Crippen LogP contribution in [0.5, 0.6) is 0 Å². The van der Waals surface area contributed by atoms with Crippen molar-refractivity contribution >= 4 is 0 Å². The first kappa shape index (κ1) is 4.30. The number of aliphatic hydroxyl groups excluding tert-OH is 1. The molecule has 0 radical (unpaired) electrons. The molecule has 2 heteroatoms. The predicted molar refractivity (Wildman–Crippen MR) is 30.3 cm³/mol. The summed E-state index contributed by atoms with van der Waals surface area (Å²) in [5, 5.41) is 17.8. The van der Waals surface area contributed by atoms with E-state index in [1.54, 1.807) is 6.08 Å². The van der Waals surface area contributed by atoms with Gasteiger partial charge < -0.3 is 10.2 Å². The third-order valence-corrected chi connectivity index (χ3v) is 0.975. The molecule has 2 N–H and O–H groups in total. The van der Waals surface area contributed by atoms with Gasteiger partial charge >= 0.3 is 0 Å². The van der Waals surface area contributed by atoms with Gasteiger partial charge in [-0.3, -0.25) is 0 Å². The van der Waals surface area contributed by atoms with E-state index in [1.807, 2.05) is 0 Å². The highest BCUT2D eigenvalue weighted by Gasteiger charge is 2.09. The van der Waals surface area contributed by atoms with Crippen LogP contribution in [0.15, 0.2) is 24.3 Å². The molecule has 0 spiro atoms. The van der Waals surface area contributed by atoms with E-state index in [0.29, 0.717) is 0 Å². The lowest BCUT2D eigenvalue weighted by molar-refractivity contribution is 0.0794. The Morgan fingerprint density at radius 2 is 1.88 bits per heavy atom. The minimum absolute atomic E-state index is 1.09. The first-order chi connectivity index (χ1) is 4.13. The van der Waals surface area contributed by atoms with Crippen molar-refractivity contribution in [3.63, 3.8) is 0 Å².